The van der Waals surface area contributed by atoms with E-state index in [1.165, 1.54) is 5.56 Å². The summed E-state index contributed by atoms with van der Waals surface area (Å²) in [5.41, 5.74) is 4.63. The number of rotatable bonds is 2. The van der Waals surface area contributed by atoms with Crippen molar-refractivity contribution < 1.29 is 9.59 Å². The van der Waals surface area contributed by atoms with E-state index >= 15 is 0 Å². The Balaban J connectivity index is 1.55. The highest BCUT2D eigenvalue weighted by Gasteiger charge is 2.36. The van der Waals surface area contributed by atoms with Gasteiger partial charge in [0.1, 0.15) is 6.04 Å². The van der Waals surface area contributed by atoms with Crippen molar-refractivity contribution in [1.82, 2.24) is 19.6 Å². The number of hydrogen-bond donors (Lipinski definition) is 0. The normalized spacial score (nSPS) is 19.7. The smallest absolute Gasteiger partial charge is 0.245 e. The summed E-state index contributed by atoms with van der Waals surface area (Å²) in [6, 6.07) is 10.0. The zero-order valence-corrected chi connectivity index (χ0v) is 16.0. The molecule has 1 saturated heterocycles. The minimum atomic E-state index is -0.285. The molecule has 0 spiro atoms. The quantitative estimate of drug-likeness (QED) is 0.817. The van der Waals surface area contributed by atoms with Crippen molar-refractivity contribution in [2.24, 2.45) is 7.05 Å². The van der Waals surface area contributed by atoms with Crippen LogP contribution in [0.3, 0.4) is 0 Å². The zero-order chi connectivity index (χ0) is 19.0. The first-order valence-electron chi connectivity index (χ1n) is 9.72. The van der Waals surface area contributed by atoms with Crippen LogP contribution in [0, 0.1) is 0 Å². The molecule has 0 bridgehead atoms. The number of carbonyl (C=O) groups excluding carboxylic acids is 2. The van der Waals surface area contributed by atoms with Crippen molar-refractivity contribution in [3.05, 3.63) is 41.6 Å². The molecule has 6 heteroatoms. The molecular weight excluding hydrogens is 340 g/mol. The van der Waals surface area contributed by atoms with E-state index in [0.717, 1.165) is 42.6 Å². The number of nitrogens with zero attached hydrogens (tertiary/aromatic N) is 4. The van der Waals surface area contributed by atoms with Crippen LogP contribution in [-0.4, -0.2) is 57.1 Å². The molecule has 1 atom stereocenters. The Morgan fingerprint density at radius 3 is 2.56 bits per heavy atom. The monoisotopic (exact) mass is 366 g/mol. The summed E-state index contributed by atoms with van der Waals surface area (Å²) in [7, 11) is 1.99. The van der Waals surface area contributed by atoms with Crippen LogP contribution in [0.1, 0.15) is 31.0 Å². The highest BCUT2D eigenvalue weighted by atomic mass is 16.2. The number of aromatic nitrogens is 2. The Morgan fingerprint density at radius 2 is 1.81 bits per heavy atom. The molecule has 0 N–H and O–H groups in total. The molecule has 142 valence electrons. The molecule has 1 aromatic heterocycles. The minimum Gasteiger partial charge on any atom is -0.340 e. The lowest BCUT2D eigenvalue weighted by Crippen LogP contribution is -2.48. The maximum atomic E-state index is 13.1. The molecule has 0 radical (unpaired) electrons. The van der Waals surface area contributed by atoms with Crippen LogP contribution < -0.4 is 0 Å². The van der Waals surface area contributed by atoms with E-state index in [-0.39, 0.29) is 17.9 Å². The molecule has 1 fully saturated rings. The first kappa shape index (κ1) is 17.8. The molecule has 1 aromatic carbocycles. The van der Waals surface area contributed by atoms with E-state index in [0.29, 0.717) is 19.6 Å². The topological polar surface area (TPSA) is 58.4 Å². The third-order valence-corrected chi connectivity index (χ3v) is 5.78. The van der Waals surface area contributed by atoms with Gasteiger partial charge in [-0.25, -0.2) is 0 Å². The lowest BCUT2D eigenvalue weighted by Gasteiger charge is -2.29. The molecule has 0 aliphatic carbocycles. The van der Waals surface area contributed by atoms with Gasteiger partial charge in [-0.1, -0.05) is 30.3 Å². The van der Waals surface area contributed by atoms with Crippen LogP contribution in [0.15, 0.2) is 30.3 Å². The van der Waals surface area contributed by atoms with Gasteiger partial charge in [-0.15, -0.1) is 0 Å². The number of aryl methyl sites for hydroxylation is 1. The number of carbonyl (C=O) groups is 2. The maximum Gasteiger partial charge on any atom is 0.245 e. The molecule has 2 amide bonds. The molecular formula is C21H26N4O2. The molecule has 4 rings (SSSR count). The predicted molar refractivity (Wildman–Crippen MR) is 103 cm³/mol. The molecule has 2 aromatic rings. The number of benzene rings is 1. The second-order valence-electron chi connectivity index (χ2n) is 7.46. The summed E-state index contributed by atoms with van der Waals surface area (Å²) in [5, 5.41) is 4.74. The van der Waals surface area contributed by atoms with Crippen molar-refractivity contribution in [1.29, 1.82) is 0 Å². The predicted octanol–water partition coefficient (Wildman–Crippen LogP) is 2.03. The average molecular weight is 366 g/mol. The molecule has 0 saturated carbocycles. The molecule has 27 heavy (non-hydrogen) atoms. The molecule has 0 unspecified atom stereocenters. The molecule has 2 aliphatic rings. The van der Waals surface area contributed by atoms with Crippen LogP contribution in [-0.2, 0) is 29.5 Å². The number of likely N-dealkylation sites (tertiary alicyclic amines) is 1. The second-order valence-corrected chi connectivity index (χ2v) is 7.46. The lowest BCUT2D eigenvalue weighted by molar-refractivity contribution is -0.142. The van der Waals surface area contributed by atoms with Gasteiger partial charge in [0.25, 0.3) is 0 Å². The van der Waals surface area contributed by atoms with Crippen LogP contribution in [0.25, 0.3) is 11.3 Å². The standard InChI is InChI=1S/C21H26N4O2/c1-15(26)25-12-6-9-19(25)21(27)24-13-10-17-18(11-14-24)22-23(2)20(17)16-7-4-3-5-8-16/h3-5,7-8,19H,6,9-14H2,1-2H3/t19-/m0/s1. The second kappa shape index (κ2) is 7.18. The van der Waals surface area contributed by atoms with Crippen LogP contribution in [0.2, 0.25) is 0 Å². The van der Waals surface area contributed by atoms with E-state index in [9.17, 15) is 9.59 Å². The van der Waals surface area contributed by atoms with E-state index < -0.39 is 0 Å². The Labute approximate surface area is 159 Å². The van der Waals surface area contributed by atoms with Gasteiger partial charge >= 0.3 is 0 Å². The highest BCUT2D eigenvalue weighted by molar-refractivity contribution is 5.87. The van der Waals surface area contributed by atoms with Gasteiger partial charge in [-0.2, -0.15) is 5.10 Å². The van der Waals surface area contributed by atoms with Gasteiger partial charge in [-0.05, 0) is 19.3 Å². The summed E-state index contributed by atoms with van der Waals surface area (Å²) in [6.07, 6.45) is 3.24. The van der Waals surface area contributed by atoms with Gasteiger partial charge in [0, 0.05) is 51.2 Å². The minimum absolute atomic E-state index is 0.00221. The Bertz CT molecular complexity index is 859. The first-order chi connectivity index (χ1) is 13.1. The number of amides is 2. The average Bonchev–Trinajstić information content (AvgIpc) is 3.21. The first-order valence-corrected chi connectivity index (χ1v) is 9.72. The van der Waals surface area contributed by atoms with Gasteiger partial charge in [0.15, 0.2) is 0 Å². The third kappa shape index (κ3) is 3.24. The third-order valence-electron chi connectivity index (χ3n) is 5.78. The summed E-state index contributed by atoms with van der Waals surface area (Å²) in [5.74, 6) is 0.0936. The van der Waals surface area contributed by atoms with Gasteiger partial charge in [-0.3, -0.25) is 14.3 Å². The fourth-order valence-corrected chi connectivity index (χ4v) is 4.47. The highest BCUT2D eigenvalue weighted by Crippen LogP contribution is 2.29. The van der Waals surface area contributed by atoms with Crippen molar-refractivity contribution in [3.8, 4) is 11.3 Å². The largest absolute Gasteiger partial charge is 0.340 e. The summed E-state index contributed by atoms with van der Waals surface area (Å²) >= 11 is 0. The molecule has 2 aliphatic heterocycles. The maximum absolute atomic E-state index is 13.1. The van der Waals surface area contributed by atoms with Crippen LogP contribution >= 0.6 is 0 Å². The molecule has 6 nitrogen and oxygen atoms in total. The summed E-state index contributed by atoms with van der Waals surface area (Å²) in [6.45, 7) is 3.60. The Hall–Kier alpha value is -2.63. The molecule has 3 heterocycles. The van der Waals surface area contributed by atoms with Crippen molar-refractivity contribution in [3.63, 3.8) is 0 Å². The fourth-order valence-electron chi connectivity index (χ4n) is 4.47. The Morgan fingerprint density at radius 1 is 1.07 bits per heavy atom. The fraction of sp³-hybridized carbons (Fsp3) is 0.476. The van der Waals surface area contributed by atoms with Crippen LogP contribution in [0.5, 0.6) is 0 Å². The van der Waals surface area contributed by atoms with Crippen molar-refractivity contribution in [2.75, 3.05) is 19.6 Å². The van der Waals surface area contributed by atoms with Gasteiger partial charge < -0.3 is 9.80 Å². The van der Waals surface area contributed by atoms with E-state index in [4.69, 9.17) is 5.10 Å². The Kier molecular flexibility index (Phi) is 4.72. The van der Waals surface area contributed by atoms with E-state index in [1.807, 2.05) is 34.8 Å². The lowest BCUT2D eigenvalue weighted by atomic mass is 10.0. The number of hydrogen-bond acceptors (Lipinski definition) is 3. The van der Waals surface area contributed by atoms with Gasteiger partial charge in [0.05, 0.1) is 11.4 Å². The SMILES string of the molecule is CC(=O)N1CCC[C@H]1C(=O)N1CCc2nn(C)c(-c3ccccc3)c2CC1. The van der Waals surface area contributed by atoms with Crippen LogP contribution in [0.4, 0.5) is 0 Å². The van der Waals surface area contributed by atoms with E-state index in [1.54, 1.807) is 11.8 Å². The summed E-state index contributed by atoms with van der Waals surface area (Å²) in [4.78, 5) is 28.6. The van der Waals surface area contributed by atoms with Crippen molar-refractivity contribution in [2.45, 2.75) is 38.6 Å². The van der Waals surface area contributed by atoms with E-state index in [2.05, 4.69) is 12.1 Å². The summed E-state index contributed by atoms with van der Waals surface area (Å²) < 4.78 is 1.96. The zero-order valence-electron chi connectivity index (χ0n) is 16.0. The number of fused-ring (bicyclic) bond motifs is 1. The van der Waals surface area contributed by atoms with Gasteiger partial charge in [0.2, 0.25) is 11.8 Å². The van der Waals surface area contributed by atoms with Crippen molar-refractivity contribution >= 4 is 11.8 Å².